The van der Waals surface area contributed by atoms with Gasteiger partial charge in [-0.1, -0.05) is 0 Å². The minimum atomic E-state index is -2.33. The summed E-state index contributed by atoms with van der Waals surface area (Å²) in [6, 6.07) is 0. The summed E-state index contributed by atoms with van der Waals surface area (Å²) in [4.78, 5) is 22.8. The van der Waals surface area contributed by atoms with Crippen LogP contribution in [0.5, 0.6) is 0 Å². The molecule has 1 heterocycles. The molecule has 0 radical (unpaired) electrons. The molecule has 0 unspecified atom stereocenters. The van der Waals surface area contributed by atoms with Crippen molar-refractivity contribution in [1.82, 2.24) is 0 Å². The topological polar surface area (TPSA) is 112 Å². The Labute approximate surface area is 147 Å². The molecule has 1 saturated heterocycles. The Bertz CT molecular complexity index is 493. The van der Waals surface area contributed by atoms with Gasteiger partial charge < -0.3 is 0 Å². The van der Waals surface area contributed by atoms with Crippen molar-refractivity contribution >= 4 is 34.2 Å². The molecule has 0 bridgehead atoms. The van der Waals surface area contributed by atoms with Crippen molar-refractivity contribution in [3.05, 3.63) is 0 Å². The molecule has 0 aromatic rings. The molecule has 0 saturated carbocycles. The van der Waals surface area contributed by atoms with Crippen LogP contribution in [0.3, 0.4) is 0 Å². The number of hydrogen-bond donors (Lipinski definition) is 2. The first-order chi connectivity index (χ1) is 11.0. The van der Waals surface area contributed by atoms with E-state index in [1.807, 2.05) is 11.4 Å². The second kappa shape index (κ2) is 9.31. The molecule has 0 amide bonds. The zero-order valence-corrected chi connectivity index (χ0v) is 16.9. The average molecular weight is 428 g/mol. The second-order valence-electron chi connectivity index (χ2n) is 6.12. The Hall–Kier alpha value is -0.442. The summed E-state index contributed by atoms with van der Waals surface area (Å²) in [6.45, 7) is 1.79. The van der Waals surface area contributed by atoms with Crippen molar-refractivity contribution in [1.29, 1.82) is 0 Å². The van der Waals surface area contributed by atoms with Crippen LogP contribution in [-0.4, -0.2) is 77.9 Å². The summed E-state index contributed by atoms with van der Waals surface area (Å²) in [7, 11) is 5.51. The van der Waals surface area contributed by atoms with Crippen molar-refractivity contribution in [3.63, 3.8) is 0 Å². The van der Waals surface area contributed by atoms with Crippen LogP contribution in [0.1, 0.15) is 13.8 Å². The van der Waals surface area contributed by atoms with Gasteiger partial charge in [0.25, 0.3) is 0 Å². The third-order valence-corrected chi connectivity index (χ3v) is 6.53. The molecule has 2 N–H and O–H groups in total. The van der Waals surface area contributed by atoms with E-state index in [1.165, 1.54) is 13.8 Å². The van der Waals surface area contributed by atoms with Crippen LogP contribution in [0.2, 0.25) is 16.6 Å². The fourth-order valence-electron chi connectivity index (χ4n) is 2.32. The summed E-state index contributed by atoms with van der Waals surface area (Å²) < 4.78 is 21.7. The van der Waals surface area contributed by atoms with E-state index in [9.17, 15) is 14.7 Å². The third-order valence-electron chi connectivity index (χ3n) is 3.15. The van der Waals surface area contributed by atoms with Gasteiger partial charge in [-0.25, -0.2) is 0 Å². The molecule has 10 heteroatoms. The van der Waals surface area contributed by atoms with Gasteiger partial charge in [-0.05, 0) is 0 Å². The van der Waals surface area contributed by atoms with Gasteiger partial charge in [-0.3, -0.25) is 0 Å². The Kier molecular flexibility index (Phi) is 8.38. The third kappa shape index (κ3) is 7.21. The monoisotopic (exact) mass is 428 g/mol. The van der Waals surface area contributed by atoms with E-state index in [4.69, 9.17) is 34.4 Å². The van der Waals surface area contributed by atoms with Crippen LogP contribution in [0.15, 0.2) is 0 Å². The van der Waals surface area contributed by atoms with Crippen molar-refractivity contribution in [2.45, 2.75) is 61.2 Å². The number of hydrogen-bond acceptors (Lipinski definition) is 9. The van der Waals surface area contributed by atoms with Crippen molar-refractivity contribution in [2.24, 2.45) is 0 Å². The first-order valence-corrected chi connectivity index (χ1v) is 15.2. The standard InChI is InChI=1S/C14H25AsO8S/c1-8(17)21-12-11(5-15(3,4)24)23-14(13(12)22-9(2)18)20-7-10(19)6-16/h10-14,16,19H,5-7H2,1-4H3/t10-,11-,12-,13-,14-/m1/s1. The van der Waals surface area contributed by atoms with Gasteiger partial charge in [0.1, 0.15) is 0 Å². The van der Waals surface area contributed by atoms with Gasteiger partial charge in [0, 0.05) is 0 Å². The average Bonchev–Trinajstić information content (AvgIpc) is 2.71. The minimum absolute atomic E-state index is 0.212. The molecule has 0 spiro atoms. The van der Waals surface area contributed by atoms with Gasteiger partial charge in [0.05, 0.1) is 0 Å². The predicted molar refractivity (Wildman–Crippen MR) is 88.7 cm³/mol. The molecule has 0 aliphatic carbocycles. The Morgan fingerprint density at radius 2 is 1.75 bits per heavy atom. The number of esters is 2. The van der Waals surface area contributed by atoms with Crippen LogP contribution < -0.4 is 0 Å². The zero-order valence-electron chi connectivity index (χ0n) is 14.2. The number of carbonyl (C=O) groups excluding carboxylic acids is 2. The molecular formula is C14H25AsO8S. The van der Waals surface area contributed by atoms with E-state index in [0.717, 1.165) is 0 Å². The van der Waals surface area contributed by atoms with Crippen LogP contribution in [0, 0.1) is 0 Å². The van der Waals surface area contributed by atoms with Gasteiger partial charge in [-0.2, -0.15) is 0 Å². The first-order valence-electron chi connectivity index (χ1n) is 7.48. The van der Waals surface area contributed by atoms with Crippen LogP contribution in [0.25, 0.3) is 0 Å². The van der Waals surface area contributed by atoms with Crippen LogP contribution in [0.4, 0.5) is 0 Å². The molecule has 0 aromatic heterocycles. The van der Waals surface area contributed by atoms with E-state index in [0.29, 0.717) is 5.21 Å². The quantitative estimate of drug-likeness (QED) is 0.418. The van der Waals surface area contributed by atoms with Gasteiger partial charge in [-0.15, -0.1) is 0 Å². The molecule has 1 rings (SSSR count). The Morgan fingerprint density at radius 1 is 1.21 bits per heavy atom. The van der Waals surface area contributed by atoms with Crippen LogP contribution >= 0.6 is 10.4 Å². The fraction of sp³-hybridized carbons (Fsp3) is 0.857. The number of aliphatic hydroxyl groups excluding tert-OH is 2. The van der Waals surface area contributed by atoms with Crippen molar-refractivity contribution in [2.75, 3.05) is 13.2 Å². The number of ether oxygens (including phenoxy) is 4. The molecule has 24 heavy (non-hydrogen) atoms. The number of aliphatic hydroxyl groups is 2. The van der Waals surface area contributed by atoms with E-state index in [1.54, 1.807) is 0 Å². The van der Waals surface area contributed by atoms with Crippen LogP contribution in [-0.2, 0) is 28.5 Å². The molecule has 5 atom stereocenters. The van der Waals surface area contributed by atoms with Gasteiger partial charge >= 0.3 is 147 Å². The fourth-order valence-corrected chi connectivity index (χ4v) is 5.51. The van der Waals surface area contributed by atoms with E-state index < -0.39 is 61.1 Å². The van der Waals surface area contributed by atoms with Gasteiger partial charge in [0.2, 0.25) is 0 Å². The molecule has 8 nitrogen and oxygen atoms in total. The van der Waals surface area contributed by atoms with Gasteiger partial charge in [0.15, 0.2) is 0 Å². The van der Waals surface area contributed by atoms with E-state index >= 15 is 0 Å². The summed E-state index contributed by atoms with van der Waals surface area (Å²) >= 11 is -2.33. The van der Waals surface area contributed by atoms with E-state index in [2.05, 4.69) is 0 Å². The number of rotatable bonds is 8. The molecule has 140 valence electrons. The maximum absolute atomic E-state index is 11.4. The Balaban J connectivity index is 2.97. The maximum atomic E-state index is 11.4. The number of carbonyl (C=O) groups is 2. The predicted octanol–water partition coefficient (Wildman–Crippen LogP) is 0.347. The molecule has 0 aromatic carbocycles. The summed E-state index contributed by atoms with van der Waals surface area (Å²) in [6.07, 6.45) is -4.44. The first kappa shape index (κ1) is 21.6. The molecular weight excluding hydrogens is 403 g/mol. The summed E-state index contributed by atoms with van der Waals surface area (Å²) in [5.74, 6) is -1.11. The van der Waals surface area contributed by atoms with E-state index in [-0.39, 0.29) is 6.61 Å². The normalized spacial score (nSPS) is 28.4. The molecule has 1 aliphatic heterocycles. The second-order valence-corrected chi connectivity index (χ2v) is 18.6. The molecule has 1 fully saturated rings. The SMILES string of the molecule is CC(=O)O[C@H]1[C@H](OC[C@H](O)CO)O[C@H](C[As](C)(C)=S)[C@H]1OC(C)=O. The zero-order chi connectivity index (χ0) is 18.5. The Morgan fingerprint density at radius 3 is 2.21 bits per heavy atom. The van der Waals surface area contributed by atoms with Crippen molar-refractivity contribution < 1.29 is 38.7 Å². The van der Waals surface area contributed by atoms with Crippen molar-refractivity contribution in [3.8, 4) is 0 Å². The summed E-state index contributed by atoms with van der Waals surface area (Å²) in [5.41, 5.74) is 3.98. The molecule has 1 aliphatic rings. The summed E-state index contributed by atoms with van der Waals surface area (Å²) in [5, 5.41) is 18.8.